The van der Waals surface area contributed by atoms with Crippen molar-refractivity contribution in [2.24, 2.45) is 5.92 Å². The molecule has 14 heavy (non-hydrogen) atoms. The van der Waals surface area contributed by atoms with Gasteiger partial charge in [0.05, 0.1) is 0 Å². The second-order valence-corrected chi connectivity index (χ2v) is 5.61. The lowest BCUT2D eigenvalue weighted by Crippen LogP contribution is -2.44. The first kappa shape index (κ1) is 12.0. The van der Waals surface area contributed by atoms with Gasteiger partial charge in [-0.25, -0.2) is 0 Å². The molecule has 2 heteroatoms. The molecule has 1 unspecified atom stereocenters. The van der Waals surface area contributed by atoms with Gasteiger partial charge in [0.25, 0.3) is 0 Å². The maximum Gasteiger partial charge on any atom is 0.00970 e. The Morgan fingerprint density at radius 2 is 1.86 bits per heavy atom. The summed E-state index contributed by atoms with van der Waals surface area (Å²) < 4.78 is 0. The van der Waals surface area contributed by atoms with Crippen LogP contribution in [0, 0.1) is 5.92 Å². The summed E-state index contributed by atoms with van der Waals surface area (Å²) in [6.45, 7) is 11.1. The average molecular weight is 198 g/mol. The van der Waals surface area contributed by atoms with Gasteiger partial charge in [-0.2, -0.15) is 0 Å². The smallest absolute Gasteiger partial charge is 0.00970 e. The summed E-state index contributed by atoms with van der Waals surface area (Å²) in [7, 11) is 0. The highest BCUT2D eigenvalue weighted by atomic mass is 15.0. The molecule has 1 aliphatic rings. The third-order valence-electron chi connectivity index (χ3n) is 3.10. The van der Waals surface area contributed by atoms with Crippen LogP contribution in [0.4, 0.5) is 0 Å². The molecular formula is C12H26N2. The molecule has 1 rings (SSSR count). The van der Waals surface area contributed by atoms with Crippen molar-refractivity contribution >= 4 is 0 Å². The second kappa shape index (κ2) is 5.13. The minimum atomic E-state index is 0.251. The Labute approximate surface area is 88.8 Å². The number of rotatable bonds is 5. The summed E-state index contributed by atoms with van der Waals surface area (Å²) in [6, 6.07) is 0.713. The highest BCUT2D eigenvalue weighted by Gasteiger charge is 2.23. The summed E-state index contributed by atoms with van der Waals surface area (Å²) in [6.07, 6.45) is 4.30. The fourth-order valence-corrected chi connectivity index (χ4v) is 1.84. The van der Waals surface area contributed by atoms with Gasteiger partial charge in [-0.15, -0.1) is 0 Å². The van der Waals surface area contributed by atoms with Crippen molar-refractivity contribution < 1.29 is 0 Å². The van der Waals surface area contributed by atoms with E-state index in [4.69, 9.17) is 0 Å². The maximum absolute atomic E-state index is 3.59. The zero-order chi connectivity index (χ0) is 10.6. The van der Waals surface area contributed by atoms with Crippen molar-refractivity contribution in [1.29, 1.82) is 0 Å². The minimum absolute atomic E-state index is 0.251. The fraction of sp³-hybridized carbons (Fsp3) is 1.00. The van der Waals surface area contributed by atoms with Gasteiger partial charge < -0.3 is 10.6 Å². The SMILES string of the molecule is CC(NCCNC(C)(C)C)C1CCC1. The molecule has 0 bridgehead atoms. The van der Waals surface area contributed by atoms with Crippen LogP contribution in [-0.2, 0) is 0 Å². The average Bonchev–Trinajstić information content (AvgIpc) is 1.92. The Hall–Kier alpha value is -0.0800. The lowest BCUT2D eigenvalue weighted by atomic mass is 9.80. The van der Waals surface area contributed by atoms with E-state index in [9.17, 15) is 0 Å². The molecule has 0 aromatic carbocycles. The number of nitrogens with one attached hydrogen (secondary N) is 2. The van der Waals surface area contributed by atoms with Crippen LogP contribution in [0.25, 0.3) is 0 Å². The Balaban J connectivity index is 1.97. The molecule has 0 aliphatic heterocycles. The first-order valence-corrected chi connectivity index (χ1v) is 5.97. The highest BCUT2D eigenvalue weighted by Crippen LogP contribution is 2.29. The standard InChI is InChI=1S/C12H26N2/c1-10(11-6-5-7-11)13-8-9-14-12(2,3)4/h10-11,13-14H,5-9H2,1-4H3. The fourth-order valence-electron chi connectivity index (χ4n) is 1.84. The largest absolute Gasteiger partial charge is 0.313 e. The van der Waals surface area contributed by atoms with Gasteiger partial charge in [-0.1, -0.05) is 6.42 Å². The van der Waals surface area contributed by atoms with Crippen LogP contribution in [0.15, 0.2) is 0 Å². The molecule has 0 amide bonds. The molecule has 1 aliphatic carbocycles. The molecule has 2 nitrogen and oxygen atoms in total. The van der Waals surface area contributed by atoms with Crippen molar-refractivity contribution in [1.82, 2.24) is 10.6 Å². The minimum Gasteiger partial charge on any atom is -0.313 e. The van der Waals surface area contributed by atoms with E-state index in [0.717, 1.165) is 19.0 Å². The lowest BCUT2D eigenvalue weighted by Gasteiger charge is -2.32. The Bertz CT molecular complexity index is 156. The van der Waals surface area contributed by atoms with Crippen LogP contribution in [-0.4, -0.2) is 24.7 Å². The van der Waals surface area contributed by atoms with E-state index in [1.807, 2.05) is 0 Å². The van der Waals surface area contributed by atoms with Crippen molar-refractivity contribution in [2.45, 2.75) is 58.5 Å². The van der Waals surface area contributed by atoms with E-state index in [0.29, 0.717) is 6.04 Å². The first-order chi connectivity index (χ1) is 6.49. The molecule has 0 heterocycles. The van der Waals surface area contributed by atoms with Crippen molar-refractivity contribution in [2.75, 3.05) is 13.1 Å². The van der Waals surface area contributed by atoms with E-state index < -0.39 is 0 Å². The van der Waals surface area contributed by atoms with Gasteiger partial charge in [-0.3, -0.25) is 0 Å². The molecule has 1 atom stereocenters. The second-order valence-electron chi connectivity index (χ2n) is 5.61. The van der Waals surface area contributed by atoms with Gasteiger partial charge >= 0.3 is 0 Å². The molecule has 1 fully saturated rings. The zero-order valence-electron chi connectivity index (χ0n) is 10.2. The Kier molecular flexibility index (Phi) is 4.39. The van der Waals surface area contributed by atoms with Crippen LogP contribution in [0.3, 0.4) is 0 Å². The Morgan fingerprint density at radius 1 is 1.21 bits per heavy atom. The summed E-state index contributed by atoms with van der Waals surface area (Å²) in [5, 5.41) is 7.08. The van der Waals surface area contributed by atoms with Crippen LogP contribution >= 0.6 is 0 Å². The summed E-state index contributed by atoms with van der Waals surface area (Å²) in [5.41, 5.74) is 0.251. The molecule has 2 N–H and O–H groups in total. The third-order valence-corrected chi connectivity index (χ3v) is 3.10. The van der Waals surface area contributed by atoms with Crippen LogP contribution in [0.5, 0.6) is 0 Å². The van der Waals surface area contributed by atoms with Gasteiger partial charge in [-0.05, 0) is 46.5 Å². The van der Waals surface area contributed by atoms with Gasteiger partial charge in [0.2, 0.25) is 0 Å². The zero-order valence-corrected chi connectivity index (χ0v) is 10.2. The highest BCUT2D eigenvalue weighted by molar-refractivity contribution is 4.80. The Morgan fingerprint density at radius 3 is 2.29 bits per heavy atom. The molecular weight excluding hydrogens is 172 g/mol. The van der Waals surface area contributed by atoms with Crippen molar-refractivity contribution in [3.05, 3.63) is 0 Å². The molecule has 0 spiro atoms. The number of hydrogen-bond donors (Lipinski definition) is 2. The van der Waals surface area contributed by atoms with Gasteiger partial charge in [0.15, 0.2) is 0 Å². The summed E-state index contributed by atoms with van der Waals surface area (Å²) >= 11 is 0. The summed E-state index contributed by atoms with van der Waals surface area (Å²) in [4.78, 5) is 0. The molecule has 0 saturated heterocycles. The van der Waals surface area contributed by atoms with Crippen molar-refractivity contribution in [3.63, 3.8) is 0 Å². The molecule has 0 aromatic heterocycles. The van der Waals surface area contributed by atoms with Crippen LogP contribution < -0.4 is 10.6 Å². The molecule has 84 valence electrons. The number of hydrogen-bond acceptors (Lipinski definition) is 2. The van der Waals surface area contributed by atoms with E-state index >= 15 is 0 Å². The normalized spacial score (nSPS) is 20.6. The van der Waals surface area contributed by atoms with E-state index in [2.05, 4.69) is 38.3 Å². The third kappa shape index (κ3) is 4.43. The monoisotopic (exact) mass is 198 g/mol. The predicted molar refractivity (Wildman–Crippen MR) is 62.6 cm³/mol. The molecule has 1 saturated carbocycles. The van der Waals surface area contributed by atoms with E-state index in [1.54, 1.807) is 0 Å². The summed E-state index contributed by atoms with van der Waals surface area (Å²) in [5.74, 6) is 0.949. The van der Waals surface area contributed by atoms with E-state index in [1.165, 1.54) is 19.3 Å². The van der Waals surface area contributed by atoms with E-state index in [-0.39, 0.29) is 5.54 Å². The van der Waals surface area contributed by atoms with Crippen molar-refractivity contribution in [3.8, 4) is 0 Å². The first-order valence-electron chi connectivity index (χ1n) is 5.97. The van der Waals surface area contributed by atoms with Gasteiger partial charge in [0.1, 0.15) is 0 Å². The molecule has 0 aromatic rings. The van der Waals surface area contributed by atoms with Crippen LogP contribution in [0.1, 0.15) is 47.0 Å². The predicted octanol–water partition coefficient (Wildman–Crippen LogP) is 2.15. The lowest BCUT2D eigenvalue weighted by molar-refractivity contribution is 0.240. The topological polar surface area (TPSA) is 24.1 Å². The quantitative estimate of drug-likeness (QED) is 0.662. The molecule has 0 radical (unpaired) electrons. The van der Waals surface area contributed by atoms with Gasteiger partial charge in [0, 0.05) is 24.7 Å². The van der Waals surface area contributed by atoms with Crippen LogP contribution in [0.2, 0.25) is 0 Å². The maximum atomic E-state index is 3.59.